The minimum Gasteiger partial charge on any atom is -0.492 e. The van der Waals surface area contributed by atoms with Crippen LogP contribution in [0, 0.1) is 5.92 Å². The van der Waals surface area contributed by atoms with Gasteiger partial charge in [-0.2, -0.15) is 5.10 Å². The molecule has 1 aromatic carbocycles. The molecule has 31 heavy (non-hydrogen) atoms. The summed E-state index contributed by atoms with van der Waals surface area (Å²) in [5, 5.41) is 15.9. The molecule has 8 nitrogen and oxygen atoms in total. The number of likely N-dealkylation sites (tertiary alicyclic amines) is 1. The Morgan fingerprint density at radius 1 is 1.23 bits per heavy atom. The summed E-state index contributed by atoms with van der Waals surface area (Å²) in [4.78, 5) is 30.1. The maximum Gasteiger partial charge on any atom is 0.335 e. The zero-order valence-electron chi connectivity index (χ0n) is 17.0. The Kier molecular flexibility index (Phi) is 6.26. The van der Waals surface area contributed by atoms with Gasteiger partial charge in [0.1, 0.15) is 5.75 Å². The largest absolute Gasteiger partial charge is 0.492 e. The molecule has 0 bridgehead atoms. The van der Waals surface area contributed by atoms with Crippen molar-refractivity contribution in [3.05, 3.63) is 66.0 Å². The third kappa shape index (κ3) is 5.28. The average molecular weight is 420 g/mol. The Balaban J connectivity index is 1.29. The quantitative estimate of drug-likeness (QED) is 0.608. The number of ether oxygens (including phenoxy) is 1. The minimum atomic E-state index is -0.989. The van der Waals surface area contributed by atoms with Gasteiger partial charge in [0.2, 0.25) is 5.91 Å². The zero-order valence-corrected chi connectivity index (χ0v) is 17.0. The maximum absolute atomic E-state index is 12.7. The number of aromatic nitrogens is 3. The van der Waals surface area contributed by atoms with E-state index in [1.165, 1.54) is 6.07 Å². The summed E-state index contributed by atoms with van der Waals surface area (Å²) in [7, 11) is 0. The first-order valence-corrected chi connectivity index (χ1v) is 10.3. The molecule has 1 atom stereocenters. The molecular weight excluding hydrogens is 396 g/mol. The summed E-state index contributed by atoms with van der Waals surface area (Å²) in [5.74, 6) is -0.0399. The first-order valence-electron chi connectivity index (χ1n) is 10.3. The topological polar surface area (TPSA) is 108 Å². The van der Waals surface area contributed by atoms with Crippen molar-refractivity contribution >= 4 is 11.9 Å². The lowest BCUT2D eigenvalue weighted by Crippen LogP contribution is -2.42. The number of hydrogen-bond donors (Lipinski definition) is 2. The van der Waals surface area contributed by atoms with Crippen molar-refractivity contribution in [1.29, 1.82) is 0 Å². The van der Waals surface area contributed by atoms with E-state index in [2.05, 4.69) is 15.2 Å². The van der Waals surface area contributed by atoms with Crippen LogP contribution in [-0.4, -0.2) is 56.8 Å². The van der Waals surface area contributed by atoms with Crippen molar-refractivity contribution in [2.75, 3.05) is 19.7 Å². The van der Waals surface area contributed by atoms with E-state index in [-0.39, 0.29) is 23.8 Å². The van der Waals surface area contributed by atoms with Crippen molar-refractivity contribution in [1.82, 2.24) is 20.1 Å². The number of piperidine rings is 1. The van der Waals surface area contributed by atoms with Crippen molar-refractivity contribution in [3.63, 3.8) is 0 Å². The Hall–Kier alpha value is -3.68. The van der Waals surface area contributed by atoms with Crippen molar-refractivity contribution < 1.29 is 19.4 Å². The molecule has 0 unspecified atom stereocenters. The van der Waals surface area contributed by atoms with Crippen LogP contribution in [0.3, 0.4) is 0 Å². The number of hydrogen-bond acceptors (Lipinski definition) is 5. The summed E-state index contributed by atoms with van der Waals surface area (Å²) >= 11 is 0. The van der Waals surface area contributed by atoms with Crippen LogP contribution in [0.2, 0.25) is 0 Å². The van der Waals surface area contributed by atoms with E-state index in [9.17, 15) is 9.59 Å². The third-order valence-corrected chi connectivity index (χ3v) is 5.40. The number of carboxylic acids is 1. The van der Waals surface area contributed by atoms with E-state index in [1.807, 2.05) is 23.1 Å². The molecule has 1 aliphatic heterocycles. The molecule has 0 saturated carbocycles. The Morgan fingerprint density at radius 3 is 2.87 bits per heavy atom. The minimum absolute atomic E-state index is 0.0119. The lowest BCUT2D eigenvalue weighted by atomic mass is 9.98. The van der Waals surface area contributed by atoms with Crippen LogP contribution in [0.25, 0.3) is 11.4 Å². The van der Waals surface area contributed by atoms with Crippen molar-refractivity contribution in [2.45, 2.75) is 19.3 Å². The highest BCUT2D eigenvalue weighted by atomic mass is 16.5. The second-order valence-corrected chi connectivity index (χ2v) is 7.69. The van der Waals surface area contributed by atoms with E-state index < -0.39 is 5.97 Å². The van der Waals surface area contributed by atoms with Gasteiger partial charge in [-0.1, -0.05) is 12.1 Å². The van der Waals surface area contributed by atoms with Crippen LogP contribution in [0.4, 0.5) is 0 Å². The van der Waals surface area contributed by atoms with Crippen LogP contribution in [0.5, 0.6) is 5.75 Å². The van der Waals surface area contributed by atoms with Gasteiger partial charge in [0.15, 0.2) is 0 Å². The Bertz CT molecular complexity index is 1030. The number of carboxylic acid groups (broad SMARTS) is 1. The third-order valence-electron chi connectivity index (χ3n) is 5.40. The number of nitrogens with zero attached hydrogens (tertiary/aromatic N) is 3. The summed E-state index contributed by atoms with van der Waals surface area (Å²) < 4.78 is 5.91. The van der Waals surface area contributed by atoms with Gasteiger partial charge >= 0.3 is 5.97 Å². The van der Waals surface area contributed by atoms with Crippen LogP contribution in [0.15, 0.2) is 54.9 Å². The molecule has 3 aromatic rings. The SMILES string of the molecule is O=C(O)c1cccc(CC(=O)N2CCC[C@@H](COc3ccc(-c4ccn[nH]4)nc3)C2)c1. The second kappa shape index (κ2) is 9.42. The van der Waals surface area contributed by atoms with E-state index in [1.54, 1.807) is 30.6 Å². The maximum atomic E-state index is 12.7. The number of rotatable bonds is 7. The van der Waals surface area contributed by atoms with Crippen LogP contribution in [0.1, 0.15) is 28.8 Å². The average Bonchev–Trinajstić information content (AvgIpc) is 3.33. The number of aromatic carboxylic acids is 1. The van der Waals surface area contributed by atoms with Gasteiger partial charge < -0.3 is 14.7 Å². The highest BCUT2D eigenvalue weighted by Crippen LogP contribution is 2.21. The highest BCUT2D eigenvalue weighted by molar-refractivity contribution is 5.88. The van der Waals surface area contributed by atoms with E-state index in [0.717, 1.165) is 24.2 Å². The van der Waals surface area contributed by atoms with Gasteiger partial charge in [0.05, 0.1) is 36.2 Å². The highest BCUT2D eigenvalue weighted by Gasteiger charge is 2.24. The summed E-state index contributed by atoms with van der Waals surface area (Å²) in [6.07, 6.45) is 5.50. The molecule has 4 rings (SSSR count). The molecule has 1 fully saturated rings. The molecule has 1 saturated heterocycles. The summed E-state index contributed by atoms with van der Waals surface area (Å²) in [6, 6.07) is 12.2. The van der Waals surface area contributed by atoms with Gasteiger partial charge in [-0.15, -0.1) is 0 Å². The summed E-state index contributed by atoms with van der Waals surface area (Å²) in [6.45, 7) is 1.87. The van der Waals surface area contributed by atoms with E-state index in [0.29, 0.717) is 31.0 Å². The number of carbonyl (C=O) groups is 2. The van der Waals surface area contributed by atoms with Gasteiger partial charge in [-0.05, 0) is 48.7 Å². The van der Waals surface area contributed by atoms with Crippen LogP contribution >= 0.6 is 0 Å². The smallest absolute Gasteiger partial charge is 0.335 e. The van der Waals surface area contributed by atoms with Crippen molar-refractivity contribution in [2.24, 2.45) is 5.92 Å². The molecule has 2 aromatic heterocycles. The van der Waals surface area contributed by atoms with E-state index >= 15 is 0 Å². The number of benzene rings is 1. The van der Waals surface area contributed by atoms with Crippen LogP contribution < -0.4 is 4.74 Å². The molecule has 0 aliphatic carbocycles. The van der Waals surface area contributed by atoms with Gasteiger partial charge in [0, 0.05) is 25.2 Å². The lowest BCUT2D eigenvalue weighted by Gasteiger charge is -2.32. The number of aromatic amines is 1. The fourth-order valence-corrected chi connectivity index (χ4v) is 3.77. The molecule has 3 heterocycles. The van der Waals surface area contributed by atoms with Crippen molar-refractivity contribution in [3.8, 4) is 17.1 Å². The van der Waals surface area contributed by atoms with Gasteiger partial charge in [-0.3, -0.25) is 14.9 Å². The number of pyridine rings is 1. The molecule has 0 spiro atoms. The number of H-pyrrole nitrogens is 1. The monoisotopic (exact) mass is 420 g/mol. The van der Waals surface area contributed by atoms with Gasteiger partial charge in [0.25, 0.3) is 0 Å². The summed E-state index contributed by atoms with van der Waals surface area (Å²) in [5.41, 5.74) is 2.56. The predicted molar refractivity (Wildman–Crippen MR) is 114 cm³/mol. The zero-order chi connectivity index (χ0) is 21.6. The molecule has 1 aliphatic rings. The van der Waals surface area contributed by atoms with Gasteiger partial charge in [-0.25, -0.2) is 4.79 Å². The normalized spacial score (nSPS) is 16.1. The first-order chi connectivity index (χ1) is 15.1. The van der Waals surface area contributed by atoms with Crippen LogP contribution in [-0.2, 0) is 11.2 Å². The standard InChI is InChI=1S/C23H24N4O4/c28-22(12-16-3-1-5-18(11-16)23(29)30)27-10-2-4-17(14-27)15-31-19-6-7-20(24-13-19)21-8-9-25-26-21/h1,3,5-9,11,13,17H,2,4,10,12,14-15H2,(H,25,26)(H,29,30)/t17-/m1/s1. The molecular formula is C23H24N4O4. The molecule has 160 valence electrons. The predicted octanol–water partition coefficient (Wildman–Crippen LogP) is 3.03. The lowest BCUT2D eigenvalue weighted by molar-refractivity contribution is -0.132. The fraction of sp³-hybridized carbons (Fsp3) is 0.304. The molecule has 0 radical (unpaired) electrons. The number of nitrogens with one attached hydrogen (secondary N) is 1. The van der Waals surface area contributed by atoms with E-state index in [4.69, 9.17) is 9.84 Å². The molecule has 2 N–H and O–H groups in total. The first kappa shape index (κ1) is 20.6. The second-order valence-electron chi connectivity index (χ2n) is 7.69. The Labute approximate surface area is 179 Å². The molecule has 8 heteroatoms. The number of amides is 1. The Morgan fingerprint density at radius 2 is 2.13 bits per heavy atom. The number of carbonyl (C=O) groups excluding carboxylic acids is 1. The fourth-order valence-electron chi connectivity index (χ4n) is 3.77. The molecule has 1 amide bonds.